The monoisotopic (exact) mass is 259 g/mol. The average Bonchev–Trinajstić information content (AvgIpc) is 2.64. The quantitative estimate of drug-likeness (QED) is 0.586. The molecule has 0 aromatic heterocycles. The van der Waals surface area contributed by atoms with Crippen LogP contribution in [-0.4, -0.2) is 44.0 Å². The maximum absolute atomic E-state index is 11.9. The Morgan fingerprint density at radius 2 is 2.16 bits per heavy atom. The molecule has 6 nitrogen and oxygen atoms in total. The fourth-order valence-electron chi connectivity index (χ4n) is 1.95. The summed E-state index contributed by atoms with van der Waals surface area (Å²) in [7, 11) is 3.23. The van der Waals surface area contributed by atoms with Crippen molar-refractivity contribution in [2.24, 2.45) is 0 Å². The molecule has 0 atom stereocenters. The number of hydrogen-bond acceptors (Lipinski definition) is 5. The van der Waals surface area contributed by atoms with E-state index in [0.717, 1.165) is 0 Å². The van der Waals surface area contributed by atoms with Crippen molar-refractivity contribution in [2.75, 3.05) is 32.3 Å². The molecule has 0 bridgehead atoms. The van der Waals surface area contributed by atoms with Gasteiger partial charge in [-0.1, -0.05) is 0 Å². The third-order valence-corrected chi connectivity index (χ3v) is 2.90. The zero-order chi connectivity index (χ0) is 14.0. The van der Waals surface area contributed by atoms with Gasteiger partial charge in [-0.05, 0) is 19.2 Å². The molecular weight excluding hydrogens is 246 g/mol. The second-order valence-electron chi connectivity index (χ2n) is 4.26. The number of ketones is 1. The third-order valence-electron chi connectivity index (χ3n) is 2.90. The van der Waals surface area contributed by atoms with Crippen LogP contribution >= 0.6 is 0 Å². The van der Waals surface area contributed by atoms with E-state index in [-0.39, 0.29) is 13.2 Å². The van der Waals surface area contributed by atoms with Gasteiger partial charge in [0.25, 0.3) is 5.78 Å². The van der Waals surface area contributed by atoms with Crippen LogP contribution in [0.3, 0.4) is 0 Å². The molecule has 19 heavy (non-hydrogen) atoms. The highest BCUT2D eigenvalue weighted by Crippen LogP contribution is 2.32. The van der Waals surface area contributed by atoms with Crippen LogP contribution in [0.25, 0.3) is 0 Å². The lowest BCUT2D eigenvalue weighted by Gasteiger charge is -2.22. The SMILES string of the molecule is COc1ccc2c(c1)N(CN(C)CC#N)C(=O)C2=O. The molecule has 0 unspecified atom stereocenters. The zero-order valence-corrected chi connectivity index (χ0v) is 10.7. The highest BCUT2D eigenvalue weighted by atomic mass is 16.5. The van der Waals surface area contributed by atoms with Gasteiger partial charge in [-0.3, -0.25) is 19.4 Å². The Hall–Kier alpha value is -2.39. The normalized spacial score (nSPS) is 13.7. The predicted octanol–water partition coefficient (Wildman–Crippen LogP) is 0.637. The molecular formula is C13H13N3O3. The molecule has 0 aliphatic carbocycles. The minimum absolute atomic E-state index is 0.178. The number of carbonyl (C=O) groups excluding carboxylic acids is 2. The molecule has 0 fully saturated rings. The van der Waals surface area contributed by atoms with E-state index >= 15 is 0 Å². The Bertz CT molecular complexity index is 577. The standard InChI is InChI=1S/C13H13N3O3/c1-15(6-5-14)8-16-11-7-9(19-2)3-4-10(11)12(17)13(16)18/h3-4,7H,6,8H2,1-2H3. The average molecular weight is 259 g/mol. The van der Waals surface area contributed by atoms with Crippen LogP contribution in [0.15, 0.2) is 18.2 Å². The topological polar surface area (TPSA) is 73.6 Å². The Kier molecular flexibility index (Phi) is 3.49. The number of hydrogen-bond donors (Lipinski definition) is 0. The molecule has 0 N–H and O–H groups in total. The number of benzene rings is 1. The van der Waals surface area contributed by atoms with E-state index in [0.29, 0.717) is 17.0 Å². The van der Waals surface area contributed by atoms with Gasteiger partial charge in [-0.25, -0.2) is 0 Å². The molecule has 1 heterocycles. The number of ether oxygens (including phenoxy) is 1. The van der Waals surface area contributed by atoms with Gasteiger partial charge in [0, 0.05) is 6.07 Å². The van der Waals surface area contributed by atoms with Crippen LogP contribution in [0.5, 0.6) is 5.75 Å². The van der Waals surface area contributed by atoms with Crippen LogP contribution in [0.4, 0.5) is 5.69 Å². The largest absolute Gasteiger partial charge is 0.497 e. The second-order valence-corrected chi connectivity index (χ2v) is 4.26. The van der Waals surface area contributed by atoms with Crippen LogP contribution in [-0.2, 0) is 4.79 Å². The fraction of sp³-hybridized carbons (Fsp3) is 0.308. The molecule has 0 saturated heterocycles. The van der Waals surface area contributed by atoms with E-state index < -0.39 is 11.7 Å². The number of Topliss-reactive ketones (excluding diaryl/α,β-unsaturated/α-hetero) is 1. The molecule has 1 aromatic rings. The van der Waals surface area contributed by atoms with E-state index in [1.165, 1.54) is 12.0 Å². The Labute approximate surface area is 110 Å². The molecule has 1 aromatic carbocycles. The molecule has 98 valence electrons. The van der Waals surface area contributed by atoms with E-state index in [9.17, 15) is 9.59 Å². The Morgan fingerprint density at radius 3 is 2.79 bits per heavy atom. The van der Waals surface area contributed by atoms with Crippen molar-refractivity contribution in [1.29, 1.82) is 5.26 Å². The first-order valence-corrected chi connectivity index (χ1v) is 5.68. The molecule has 2 rings (SSSR count). The van der Waals surface area contributed by atoms with E-state index in [4.69, 9.17) is 10.00 Å². The van der Waals surface area contributed by atoms with Crippen molar-refractivity contribution in [3.63, 3.8) is 0 Å². The first kappa shape index (κ1) is 13.1. The minimum Gasteiger partial charge on any atom is -0.497 e. The number of fused-ring (bicyclic) bond motifs is 1. The minimum atomic E-state index is -0.576. The number of anilines is 1. The summed E-state index contributed by atoms with van der Waals surface area (Å²) in [6.07, 6.45) is 0. The number of nitriles is 1. The highest BCUT2D eigenvalue weighted by molar-refractivity contribution is 6.52. The molecule has 6 heteroatoms. The van der Waals surface area contributed by atoms with Gasteiger partial charge in [-0.2, -0.15) is 5.26 Å². The molecule has 0 radical (unpaired) electrons. The maximum atomic E-state index is 11.9. The summed E-state index contributed by atoms with van der Waals surface area (Å²) in [6, 6.07) is 6.87. The van der Waals surface area contributed by atoms with Crippen LogP contribution in [0.2, 0.25) is 0 Å². The van der Waals surface area contributed by atoms with Crippen molar-refractivity contribution in [2.45, 2.75) is 0 Å². The molecule has 1 aliphatic heterocycles. The summed E-state index contributed by atoms with van der Waals surface area (Å²) in [6.45, 7) is 0.371. The predicted molar refractivity (Wildman–Crippen MR) is 67.9 cm³/mol. The van der Waals surface area contributed by atoms with Crippen molar-refractivity contribution in [3.8, 4) is 11.8 Å². The molecule has 1 amide bonds. The number of nitrogens with zero attached hydrogens (tertiary/aromatic N) is 3. The lowest BCUT2D eigenvalue weighted by atomic mass is 10.1. The van der Waals surface area contributed by atoms with Gasteiger partial charge in [0.15, 0.2) is 0 Å². The highest BCUT2D eigenvalue weighted by Gasteiger charge is 2.36. The molecule has 0 saturated carbocycles. The smallest absolute Gasteiger partial charge is 0.300 e. The van der Waals surface area contributed by atoms with Gasteiger partial charge >= 0.3 is 5.91 Å². The van der Waals surface area contributed by atoms with Crippen LogP contribution in [0, 0.1) is 11.3 Å². The first-order chi connectivity index (χ1) is 9.08. The van der Waals surface area contributed by atoms with E-state index in [2.05, 4.69) is 0 Å². The maximum Gasteiger partial charge on any atom is 0.300 e. The second kappa shape index (κ2) is 5.08. The van der Waals surface area contributed by atoms with E-state index in [1.54, 1.807) is 30.1 Å². The summed E-state index contributed by atoms with van der Waals surface area (Å²) >= 11 is 0. The number of rotatable bonds is 4. The Balaban J connectivity index is 2.34. The number of carbonyl (C=O) groups is 2. The van der Waals surface area contributed by atoms with Gasteiger partial charge in [0.2, 0.25) is 0 Å². The summed E-state index contributed by atoms with van der Waals surface area (Å²) in [5.41, 5.74) is 0.898. The lowest BCUT2D eigenvalue weighted by molar-refractivity contribution is -0.114. The van der Waals surface area contributed by atoms with Gasteiger partial charge < -0.3 is 4.74 Å². The summed E-state index contributed by atoms with van der Waals surface area (Å²) in [5, 5.41) is 8.62. The van der Waals surface area contributed by atoms with Gasteiger partial charge in [-0.15, -0.1) is 0 Å². The summed E-state index contributed by atoms with van der Waals surface area (Å²) in [4.78, 5) is 26.8. The van der Waals surface area contributed by atoms with Crippen molar-refractivity contribution >= 4 is 17.4 Å². The van der Waals surface area contributed by atoms with Crippen LogP contribution in [0.1, 0.15) is 10.4 Å². The van der Waals surface area contributed by atoms with Crippen LogP contribution < -0.4 is 9.64 Å². The zero-order valence-electron chi connectivity index (χ0n) is 10.7. The Morgan fingerprint density at radius 1 is 1.42 bits per heavy atom. The first-order valence-electron chi connectivity index (χ1n) is 5.68. The van der Waals surface area contributed by atoms with Gasteiger partial charge in [0.05, 0.1) is 37.6 Å². The van der Waals surface area contributed by atoms with Crippen molar-refractivity contribution in [1.82, 2.24) is 4.90 Å². The number of methoxy groups -OCH3 is 1. The third kappa shape index (κ3) is 2.28. The summed E-state index contributed by atoms with van der Waals surface area (Å²) < 4.78 is 5.10. The number of amides is 1. The fourth-order valence-corrected chi connectivity index (χ4v) is 1.95. The molecule has 1 aliphatic rings. The van der Waals surface area contributed by atoms with E-state index in [1.807, 2.05) is 6.07 Å². The summed E-state index contributed by atoms with van der Waals surface area (Å²) in [5.74, 6) is -0.523. The van der Waals surface area contributed by atoms with Gasteiger partial charge in [0.1, 0.15) is 5.75 Å². The molecule has 0 spiro atoms. The lowest BCUT2D eigenvalue weighted by Crippen LogP contribution is -2.39. The van der Waals surface area contributed by atoms with Crippen molar-refractivity contribution in [3.05, 3.63) is 23.8 Å². The van der Waals surface area contributed by atoms with Crippen molar-refractivity contribution < 1.29 is 14.3 Å².